The normalized spacial score (nSPS) is 16.9. The molecule has 494 valence electrons. The Morgan fingerprint density at radius 3 is 1.40 bits per heavy atom. The summed E-state index contributed by atoms with van der Waals surface area (Å²) in [7, 11) is 0. The van der Waals surface area contributed by atoms with Crippen molar-refractivity contribution >= 4 is 81.9 Å². The number of hydrogen-bond acceptors (Lipinski definition) is 16. The van der Waals surface area contributed by atoms with E-state index < -0.39 is 168 Å². The fourth-order valence-electron chi connectivity index (χ4n) is 9.16. The first kappa shape index (κ1) is 76.3. The number of amides is 10. The predicted octanol–water partition coefficient (Wildman–Crippen LogP) is -1.44. The molecule has 29 heteroatoms. The Balaban J connectivity index is 2.37. The first-order chi connectivity index (χ1) is 41.2. The van der Waals surface area contributed by atoms with E-state index >= 15 is 0 Å². The fourth-order valence-corrected chi connectivity index (χ4v) is 9.16. The van der Waals surface area contributed by atoms with Crippen molar-refractivity contribution in [2.75, 3.05) is 6.54 Å². The number of para-hydroxylation sites is 1. The molecule has 29 nitrogen and oxygen atoms in total. The number of aromatic amines is 1. The molecule has 1 aromatic carbocycles. The Bertz CT molecular complexity index is 2700. The smallest absolute Gasteiger partial charge is 0.326 e. The second-order valence-electron chi connectivity index (χ2n) is 23.2. The minimum absolute atomic E-state index is 0.0393. The molecule has 0 aliphatic heterocycles. The molecule has 0 aliphatic carbocycles. The van der Waals surface area contributed by atoms with Crippen molar-refractivity contribution in [1.82, 2.24) is 58.2 Å². The highest BCUT2D eigenvalue weighted by molar-refractivity contribution is 5.99. The summed E-state index contributed by atoms with van der Waals surface area (Å²) in [5.74, 6) is -13.7. The van der Waals surface area contributed by atoms with E-state index in [4.69, 9.17) is 16.6 Å². The Morgan fingerprint density at radius 2 is 0.909 bits per heavy atom. The van der Waals surface area contributed by atoms with E-state index in [0.29, 0.717) is 24.8 Å². The van der Waals surface area contributed by atoms with Crippen LogP contribution in [0, 0.1) is 23.7 Å². The van der Waals surface area contributed by atoms with Crippen molar-refractivity contribution in [2.45, 2.75) is 220 Å². The minimum Gasteiger partial charge on any atom is -0.481 e. The lowest BCUT2D eigenvalue weighted by Gasteiger charge is -2.30. The lowest BCUT2D eigenvalue weighted by atomic mass is 9.96. The molecule has 0 radical (unpaired) electrons. The van der Waals surface area contributed by atoms with Crippen LogP contribution in [0.15, 0.2) is 30.5 Å². The van der Waals surface area contributed by atoms with Gasteiger partial charge in [-0.3, -0.25) is 52.7 Å². The van der Waals surface area contributed by atoms with Gasteiger partial charge in [-0.15, -0.1) is 0 Å². The zero-order chi connectivity index (χ0) is 66.9. The molecule has 16 atom stereocenters. The molecule has 0 saturated heterocycles. The molecule has 2 aromatic rings. The van der Waals surface area contributed by atoms with Crippen molar-refractivity contribution in [2.24, 2.45) is 35.1 Å². The molecule has 0 spiro atoms. The average Bonchev–Trinajstić information content (AvgIpc) is 3.18. The van der Waals surface area contributed by atoms with E-state index in [1.54, 1.807) is 40.8 Å². The molecule has 88 heavy (non-hydrogen) atoms. The highest BCUT2D eigenvalue weighted by Crippen LogP contribution is 2.20. The maximum Gasteiger partial charge on any atom is 0.326 e. The topological polar surface area (TPSA) is 474 Å². The first-order valence-corrected chi connectivity index (χ1v) is 30.1. The zero-order valence-corrected chi connectivity index (χ0v) is 52.6. The lowest BCUT2D eigenvalue weighted by Crippen LogP contribution is -2.63. The first-order valence-electron chi connectivity index (χ1n) is 30.1. The quantitative estimate of drug-likeness (QED) is 0.0341. The summed E-state index contributed by atoms with van der Waals surface area (Å²) in [5.41, 5.74) is 13.3. The zero-order valence-electron chi connectivity index (χ0n) is 52.6. The van der Waals surface area contributed by atoms with Gasteiger partial charge in [0.05, 0.1) is 24.7 Å². The molecule has 2 rings (SSSR count). The van der Waals surface area contributed by atoms with Gasteiger partial charge >= 0.3 is 11.9 Å². The van der Waals surface area contributed by atoms with Crippen molar-refractivity contribution in [1.29, 1.82) is 0 Å². The summed E-state index contributed by atoms with van der Waals surface area (Å²) in [5, 5.41) is 65.8. The number of nitrogens with one attached hydrogen (secondary N) is 11. The van der Waals surface area contributed by atoms with Gasteiger partial charge < -0.3 is 90.0 Å². The molecular weight excluding hydrogens is 1150 g/mol. The van der Waals surface area contributed by atoms with Crippen LogP contribution < -0.4 is 64.6 Å². The Labute approximate surface area is 513 Å². The molecule has 0 bridgehead atoms. The number of hydrogen-bond donors (Lipinski definition) is 17. The van der Waals surface area contributed by atoms with Gasteiger partial charge in [0.1, 0.15) is 60.4 Å². The maximum atomic E-state index is 14.4. The summed E-state index contributed by atoms with van der Waals surface area (Å²) in [6.45, 7) is 19.2. The Hall–Kier alpha value is -7.76. The number of carboxylic acids is 2. The van der Waals surface area contributed by atoms with Crippen LogP contribution >= 0.6 is 0 Å². The highest BCUT2D eigenvalue weighted by Gasteiger charge is 2.39. The summed E-state index contributed by atoms with van der Waals surface area (Å²) in [4.78, 5) is 165. The number of carbonyl (C=O) groups is 12. The van der Waals surface area contributed by atoms with Crippen LogP contribution in [0.3, 0.4) is 0 Å². The lowest BCUT2D eigenvalue weighted by molar-refractivity contribution is -0.148. The second-order valence-corrected chi connectivity index (χ2v) is 23.2. The molecule has 0 unspecified atom stereocenters. The Morgan fingerprint density at radius 1 is 0.489 bits per heavy atom. The van der Waals surface area contributed by atoms with Gasteiger partial charge in [-0.2, -0.15) is 0 Å². The molecule has 1 heterocycles. The number of aliphatic hydroxyl groups excluding tert-OH is 2. The molecule has 1 aromatic heterocycles. The van der Waals surface area contributed by atoms with Gasteiger partial charge in [-0.05, 0) is 95.2 Å². The fraction of sp³-hybridized carbons (Fsp3) is 0.661. The van der Waals surface area contributed by atoms with Gasteiger partial charge in [-0.25, -0.2) is 4.79 Å². The molecule has 0 fully saturated rings. The monoisotopic (exact) mass is 1240 g/mol. The molecular formula is C59H97N13O16. The number of fused-ring (bicyclic) bond motifs is 1. The van der Waals surface area contributed by atoms with Gasteiger partial charge in [-0.1, -0.05) is 92.9 Å². The number of aromatic nitrogens is 1. The number of aliphatic carboxylic acids is 2. The molecule has 0 saturated carbocycles. The van der Waals surface area contributed by atoms with E-state index in [1.165, 1.54) is 20.8 Å². The predicted molar refractivity (Wildman–Crippen MR) is 325 cm³/mol. The number of nitrogens with two attached hydrogens (primary N) is 2. The van der Waals surface area contributed by atoms with Crippen LogP contribution in [-0.2, 0) is 64.0 Å². The summed E-state index contributed by atoms with van der Waals surface area (Å²) in [6.07, 6.45) is -0.765. The van der Waals surface area contributed by atoms with E-state index in [-0.39, 0.29) is 50.5 Å². The highest BCUT2D eigenvalue weighted by atomic mass is 16.4. The van der Waals surface area contributed by atoms with Crippen LogP contribution in [0.25, 0.3) is 10.9 Å². The molecule has 0 aliphatic rings. The molecule has 19 N–H and O–H groups in total. The minimum atomic E-state index is -1.92. The van der Waals surface area contributed by atoms with Crippen molar-refractivity contribution in [3.63, 3.8) is 0 Å². The van der Waals surface area contributed by atoms with E-state index in [2.05, 4.69) is 52.8 Å². The standard InChI is InChI=1S/C59H97N13O16/c1-13-29(6)44(61)54(82)63-32(9)49(77)66-41(25-36-27-62-38-21-17-16-20-37(36)38)52(80)67-40(24-28(4)5)53(81)70-45(30(7)14-2)55(83)64-33(10)50(78)71-47(34(11)73)57(85)65-39(22-18-19-23-60)51(79)69-46(31(8)15-3)56(84)72-48(35(12)74)58(86)68-42(59(87)88)26-43(75)76/h16-17,20-21,27-35,39-42,44-48,62,73-74H,13-15,18-19,22-26,60-61H2,1-12H3,(H,63,82)(H,64,83)(H,65,85)(H,66,77)(H,67,80)(H,68,86)(H,69,79)(H,70,81)(H,71,78)(H,72,84)(H,75,76)(H,87,88)/t29-,30-,31-,32-,33-,34+,35+,39-,40-,41-,42-,44-,45-,46-,47-,48-/m0/s1. The van der Waals surface area contributed by atoms with Gasteiger partial charge in [0.15, 0.2) is 0 Å². The number of aliphatic hydroxyl groups is 2. The van der Waals surface area contributed by atoms with Crippen molar-refractivity contribution < 1.29 is 78.0 Å². The van der Waals surface area contributed by atoms with E-state index in [0.717, 1.165) is 17.8 Å². The maximum absolute atomic E-state index is 14.4. The average molecular weight is 1240 g/mol. The number of unbranched alkanes of at least 4 members (excludes halogenated alkanes) is 1. The van der Waals surface area contributed by atoms with Crippen LogP contribution in [0.2, 0.25) is 0 Å². The van der Waals surface area contributed by atoms with Crippen molar-refractivity contribution in [3.8, 4) is 0 Å². The third-order valence-electron chi connectivity index (χ3n) is 15.4. The third kappa shape index (κ3) is 24.1. The largest absolute Gasteiger partial charge is 0.481 e. The van der Waals surface area contributed by atoms with Gasteiger partial charge in [0, 0.05) is 23.5 Å². The number of carbonyl (C=O) groups excluding carboxylic acids is 10. The third-order valence-corrected chi connectivity index (χ3v) is 15.4. The molecule has 10 amide bonds. The summed E-state index contributed by atoms with van der Waals surface area (Å²) in [6, 6.07) is -8.34. The Kier molecular flexibility index (Phi) is 32.2. The number of H-pyrrole nitrogens is 1. The summed E-state index contributed by atoms with van der Waals surface area (Å²) < 4.78 is 0. The van der Waals surface area contributed by atoms with Crippen molar-refractivity contribution in [3.05, 3.63) is 36.0 Å². The van der Waals surface area contributed by atoms with Crippen LogP contribution in [0.1, 0.15) is 140 Å². The SMILES string of the molecule is CC[C@H](C)[C@H](N)C(=O)N[C@@H](C)C(=O)N[C@@H](Cc1c[nH]c2ccccc12)C(=O)N[C@@H](CC(C)C)C(=O)N[C@H](C(=O)N[C@@H](C)C(=O)N[C@H](C(=O)N[C@@H](CCCCN)C(=O)N[C@H](C(=O)N[C@H](C(=O)N[C@@H](CC(=O)O)C(=O)O)[C@@H](C)O)[C@@H](C)CC)[C@@H](C)O)[C@@H](C)CC. The van der Waals surface area contributed by atoms with Crippen LogP contribution in [0.5, 0.6) is 0 Å². The number of rotatable bonds is 39. The van der Waals surface area contributed by atoms with Gasteiger partial charge in [0.2, 0.25) is 59.1 Å². The van der Waals surface area contributed by atoms with Crippen LogP contribution in [-0.4, -0.2) is 182 Å². The van der Waals surface area contributed by atoms with Crippen LogP contribution in [0.4, 0.5) is 0 Å². The summed E-state index contributed by atoms with van der Waals surface area (Å²) >= 11 is 0. The van der Waals surface area contributed by atoms with Gasteiger partial charge in [0.25, 0.3) is 0 Å². The second kappa shape index (κ2) is 37.2. The van der Waals surface area contributed by atoms with E-state index in [9.17, 15) is 72.9 Å². The number of carboxylic acid groups (broad SMARTS) is 2. The number of benzene rings is 1. The van der Waals surface area contributed by atoms with E-state index in [1.807, 2.05) is 50.4 Å².